The average Bonchev–Trinajstić information content (AvgIpc) is 2.75. The van der Waals surface area contributed by atoms with E-state index < -0.39 is 23.8 Å². The van der Waals surface area contributed by atoms with Crippen LogP contribution in [0.2, 0.25) is 5.02 Å². The smallest absolute Gasteiger partial charge is 0.336 e. The van der Waals surface area contributed by atoms with Crippen LogP contribution in [-0.4, -0.2) is 44.1 Å². The van der Waals surface area contributed by atoms with Gasteiger partial charge in [0.25, 0.3) is 0 Å². The second-order valence-electron chi connectivity index (χ2n) is 8.65. The van der Waals surface area contributed by atoms with Crippen LogP contribution in [0, 0.1) is 11.8 Å². The maximum absolute atomic E-state index is 13.6. The average molecular weight is 476 g/mol. The number of carbonyl (C=O) groups excluding carboxylic acids is 3. The number of halogens is 1. The van der Waals surface area contributed by atoms with Gasteiger partial charge in [-0.1, -0.05) is 30.7 Å². The molecule has 1 aromatic carbocycles. The normalized spacial score (nSPS) is 22.8. The Balaban J connectivity index is 2.04. The number of Topliss-reactive ketones (excluding diaryl/α,β-unsaturated/α-hetero) is 1. The minimum absolute atomic E-state index is 0.0185. The molecular formula is C25H30ClNO6. The Hall–Kier alpha value is -2.64. The molecule has 0 fully saturated rings. The molecule has 33 heavy (non-hydrogen) atoms. The number of hydrogen-bond donors (Lipinski definition) is 1. The first-order valence-electron chi connectivity index (χ1n) is 11.0. The monoisotopic (exact) mass is 475 g/mol. The molecule has 3 atom stereocenters. The standard InChI is InChI=1S/C25H30ClNO6/c1-13(2)32-9-10-33-25(30)20-15(4)27-18-11-14(3)19(24(29)31-5)23(28)22(18)21(20)16-7-6-8-17(26)12-16/h6-8,12-14,19,21,27H,9-11H2,1-5H3/t14-,19-,21+/m1/s1. The number of rotatable bonds is 7. The van der Waals surface area contributed by atoms with Gasteiger partial charge in [-0.2, -0.15) is 0 Å². The summed E-state index contributed by atoms with van der Waals surface area (Å²) >= 11 is 6.26. The molecule has 0 unspecified atom stereocenters. The first kappa shape index (κ1) is 25.0. The first-order chi connectivity index (χ1) is 15.6. The molecule has 1 aliphatic heterocycles. The van der Waals surface area contributed by atoms with E-state index in [9.17, 15) is 14.4 Å². The number of dihydropyridines is 1. The third kappa shape index (κ3) is 5.31. The van der Waals surface area contributed by atoms with Crippen molar-refractivity contribution < 1.29 is 28.6 Å². The molecule has 0 saturated heterocycles. The fourth-order valence-corrected chi connectivity index (χ4v) is 4.67. The molecule has 0 amide bonds. The van der Waals surface area contributed by atoms with Gasteiger partial charge in [-0.05, 0) is 50.8 Å². The number of methoxy groups -OCH3 is 1. The van der Waals surface area contributed by atoms with Crippen molar-refractivity contribution in [2.75, 3.05) is 20.3 Å². The Morgan fingerprint density at radius 1 is 1.24 bits per heavy atom. The topological polar surface area (TPSA) is 90.9 Å². The number of hydrogen-bond acceptors (Lipinski definition) is 7. The second-order valence-corrected chi connectivity index (χ2v) is 9.08. The van der Waals surface area contributed by atoms with Crippen LogP contribution in [0.4, 0.5) is 0 Å². The molecule has 0 spiro atoms. The van der Waals surface area contributed by atoms with Gasteiger partial charge in [-0.15, -0.1) is 0 Å². The van der Waals surface area contributed by atoms with E-state index in [-0.39, 0.29) is 31.0 Å². The van der Waals surface area contributed by atoms with Crippen LogP contribution < -0.4 is 5.32 Å². The van der Waals surface area contributed by atoms with Crippen molar-refractivity contribution in [2.45, 2.75) is 46.1 Å². The quantitative estimate of drug-likeness (QED) is 0.363. The summed E-state index contributed by atoms with van der Waals surface area (Å²) in [5, 5.41) is 3.71. The van der Waals surface area contributed by atoms with Gasteiger partial charge in [0.05, 0.1) is 25.4 Å². The van der Waals surface area contributed by atoms with Crippen LogP contribution in [0.5, 0.6) is 0 Å². The minimum atomic E-state index is -0.938. The molecule has 1 N–H and O–H groups in total. The van der Waals surface area contributed by atoms with Gasteiger partial charge >= 0.3 is 11.9 Å². The molecule has 2 aliphatic rings. The zero-order valence-corrected chi connectivity index (χ0v) is 20.3. The lowest BCUT2D eigenvalue weighted by atomic mass is 9.69. The van der Waals surface area contributed by atoms with Crippen LogP contribution in [0.3, 0.4) is 0 Å². The highest BCUT2D eigenvalue weighted by atomic mass is 35.5. The van der Waals surface area contributed by atoms with E-state index in [0.29, 0.717) is 39.5 Å². The van der Waals surface area contributed by atoms with Crippen molar-refractivity contribution in [3.05, 3.63) is 57.4 Å². The number of carbonyl (C=O) groups is 3. The van der Waals surface area contributed by atoms with Crippen molar-refractivity contribution in [3.8, 4) is 0 Å². The number of ketones is 1. The fourth-order valence-electron chi connectivity index (χ4n) is 4.47. The summed E-state index contributed by atoms with van der Waals surface area (Å²) in [6.07, 6.45) is 0.491. The van der Waals surface area contributed by atoms with E-state index in [4.69, 9.17) is 25.8 Å². The molecular weight excluding hydrogens is 446 g/mol. The number of nitrogens with one attached hydrogen (secondary N) is 1. The first-order valence-corrected chi connectivity index (χ1v) is 11.4. The Bertz CT molecular complexity index is 1010. The van der Waals surface area contributed by atoms with Gasteiger partial charge in [-0.3, -0.25) is 9.59 Å². The molecule has 3 rings (SSSR count). The zero-order chi connectivity index (χ0) is 24.3. The number of esters is 2. The lowest BCUT2D eigenvalue weighted by Gasteiger charge is -2.38. The second kappa shape index (κ2) is 10.5. The fraction of sp³-hybridized carbons (Fsp3) is 0.480. The number of benzene rings is 1. The highest BCUT2D eigenvalue weighted by Gasteiger charge is 2.47. The van der Waals surface area contributed by atoms with E-state index in [1.165, 1.54) is 7.11 Å². The summed E-state index contributed by atoms with van der Waals surface area (Å²) < 4.78 is 15.9. The molecule has 178 valence electrons. The highest BCUT2D eigenvalue weighted by Crippen LogP contribution is 2.45. The lowest BCUT2D eigenvalue weighted by molar-refractivity contribution is -0.151. The molecule has 1 aliphatic carbocycles. The SMILES string of the molecule is COC(=O)[C@H]1C(=O)C2=C(C[C@H]1C)NC(C)=C(C(=O)OCCOC(C)C)[C@@H]2c1cccc(Cl)c1. The predicted molar refractivity (Wildman–Crippen MR) is 123 cm³/mol. The van der Waals surface area contributed by atoms with Gasteiger partial charge in [0.1, 0.15) is 12.5 Å². The summed E-state index contributed by atoms with van der Waals surface area (Å²) in [6, 6.07) is 7.03. The van der Waals surface area contributed by atoms with E-state index in [1.54, 1.807) is 25.1 Å². The maximum Gasteiger partial charge on any atom is 0.336 e. The Labute approximate surface area is 199 Å². The van der Waals surface area contributed by atoms with Crippen molar-refractivity contribution >= 4 is 29.3 Å². The summed E-state index contributed by atoms with van der Waals surface area (Å²) in [7, 11) is 1.27. The van der Waals surface area contributed by atoms with Crippen LogP contribution in [0.15, 0.2) is 46.8 Å². The molecule has 0 saturated carbocycles. The van der Waals surface area contributed by atoms with Crippen LogP contribution in [0.25, 0.3) is 0 Å². The number of ether oxygens (including phenoxy) is 3. The van der Waals surface area contributed by atoms with E-state index >= 15 is 0 Å². The van der Waals surface area contributed by atoms with Gasteiger partial charge < -0.3 is 19.5 Å². The predicted octanol–water partition coefficient (Wildman–Crippen LogP) is 3.92. The van der Waals surface area contributed by atoms with Gasteiger partial charge in [-0.25, -0.2) is 4.79 Å². The van der Waals surface area contributed by atoms with Crippen molar-refractivity contribution in [1.82, 2.24) is 5.32 Å². The lowest BCUT2D eigenvalue weighted by Crippen LogP contribution is -2.43. The molecule has 1 aromatic rings. The minimum Gasteiger partial charge on any atom is -0.468 e. The Morgan fingerprint density at radius 2 is 1.97 bits per heavy atom. The molecule has 0 bridgehead atoms. The molecule has 0 aromatic heterocycles. The van der Waals surface area contributed by atoms with E-state index in [1.807, 2.05) is 26.8 Å². The summed E-state index contributed by atoms with van der Waals surface area (Å²) in [5.41, 5.74) is 2.67. The summed E-state index contributed by atoms with van der Waals surface area (Å²) in [5.74, 6) is -3.38. The van der Waals surface area contributed by atoms with Crippen molar-refractivity contribution in [1.29, 1.82) is 0 Å². The zero-order valence-electron chi connectivity index (χ0n) is 19.6. The maximum atomic E-state index is 13.6. The van der Waals surface area contributed by atoms with Gasteiger partial charge in [0.15, 0.2) is 5.78 Å². The highest BCUT2D eigenvalue weighted by molar-refractivity contribution is 6.30. The third-order valence-electron chi connectivity index (χ3n) is 5.91. The van der Waals surface area contributed by atoms with Gasteiger partial charge in [0.2, 0.25) is 0 Å². The largest absolute Gasteiger partial charge is 0.468 e. The van der Waals surface area contributed by atoms with Crippen LogP contribution in [-0.2, 0) is 28.6 Å². The molecule has 7 nitrogen and oxygen atoms in total. The molecule has 1 heterocycles. The van der Waals surface area contributed by atoms with Crippen molar-refractivity contribution in [3.63, 3.8) is 0 Å². The summed E-state index contributed by atoms with van der Waals surface area (Å²) in [6.45, 7) is 7.77. The Kier molecular flexibility index (Phi) is 7.97. The van der Waals surface area contributed by atoms with Crippen LogP contribution >= 0.6 is 11.6 Å². The third-order valence-corrected chi connectivity index (χ3v) is 6.15. The van der Waals surface area contributed by atoms with E-state index in [2.05, 4.69) is 5.32 Å². The van der Waals surface area contributed by atoms with Crippen LogP contribution in [0.1, 0.15) is 45.6 Å². The van der Waals surface area contributed by atoms with Gasteiger partial charge in [0, 0.05) is 27.9 Å². The molecule has 0 radical (unpaired) electrons. The Morgan fingerprint density at radius 3 is 2.61 bits per heavy atom. The summed E-state index contributed by atoms with van der Waals surface area (Å²) in [4.78, 5) is 39.3. The molecule has 8 heteroatoms. The van der Waals surface area contributed by atoms with Crippen molar-refractivity contribution in [2.24, 2.45) is 11.8 Å². The van der Waals surface area contributed by atoms with E-state index in [0.717, 1.165) is 0 Å². The number of allylic oxidation sites excluding steroid dienone is 3.